The van der Waals surface area contributed by atoms with E-state index in [9.17, 15) is 4.79 Å². The molecule has 1 unspecified atom stereocenters. The number of carbonyl (C=O) groups excluding carboxylic acids is 1. The molecule has 1 aliphatic heterocycles. The van der Waals surface area contributed by atoms with Gasteiger partial charge < -0.3 is 24.3 Å². The van der Waals surface area contributed by atoms with E-state index in [-0.39, 0.29) is 12.0 Å². The first kappa shape index (κ1) is 18.9. The van der Waals surface area contributed by atoms with Crippen LogP contribution >= 0.6 is 0 Å². The van der Waals surface area contributed by atoms with Crippen molar-refractivity contribution in [1.29, 1.82) is 0 Å². The predicted octanol–water partition coefficient (Wildman–Crippen LogP) is 2.76. The number of hydrogen-bond donors (Lipinski definition) is 1. The van der Waals surface area contributed by atoms with Crippen molar-refractivity contribution in [3.8, 4) is 23.0 Å². The smallest absolute Gasteiger partial charge is 0.220 e. The lowest BCUT2D eigenvalue weighted by Gasteiger charge is -2.14. The van der Waals surface area contributed by atoms with Crippen LogP contribution in [-0.4, -0.2) is 39.9 Å². The summed E-state index contributed by atoms with van der Waals surface area (Å²) in [7, 11) is 4.72. The van der Waals surface area contributed by atoms with Crippen LogP contribution in [0.4, 0.5) is 0 Å². The molecule has 0 spiro atoms. The number of nitrogens with one attached hydrogen (secondary N) is 1. The summed E-state index contributed by atoms with van der Waals surface area (Å²) in [5.41, 5.74) is 2.14. The fourth-order valence-corrected chi connectivity index (χ4v) is 3.22. The maximum absolute atomic E-state index is 12.2. The van der Waals surface area contributed by atoms with Crippen LogP contribution in [0.2, 0.25) is 0 Å². The highest BCUT2D eigenvalue weighted by Crippen LogP contribution is 2.38. The van der Waals surface area contributed by atoms with Gasteiger partial charge in [-0.25, -0.2) is 0 Å². The summed E-state index contributed by atoms with van der Waals surface area (Å²) in [4.78, 5) is 12.2. The van der Waals surface area contributed by atoms with Gasteiger partial charge in [-0.15, -0.1) is 0 Å². The molecule has 27 heavy (non-hydrogen) atoms. The van der Waals surface area contributed by atoms with E-state index in [1.54, 1.807) is 21.3 Å². The Morgan fingerprint density at radius 3 is 2.44 bits per heavy atom. The Morgan fingerprint density at radius 1 is 1.11 bits per heavy atom. The third-order valence-electron chi connectivity index (χ3n) is 4.61. The van der Waals surface area contributed by atoms with E-state index in [2.05, 4.69) is 11.4 Å². The maximum atomic E-state index is 12.2. The van der Waals surface area contributed by atoms with Crippen LogP contribution in [0.15, 0.2) is 36.4 Å². The molecule has 0 aromatic heterocycles. The van der Waals surface area contributed by atoms with Gasteiger partial charge in [0, 0.05) is 12.8 Å². The predicted molar refractivity (Wildman–Crippen MR) is 102 cm³/mol. The summed E-state index contributed by atoms with van der Waals surface area (Å²) in [6, 6.07) is 11.7. The van der Waals surface area contributed by atoms with Crippen LogP contribution in [0.5, 0.6) is 23.0 Å². The van der Waals surface area contributed by atoms with Crippen LogP contribution in [-0.2, 0) is 17.6 Å². The van der Waals surface area contributed by atoms with Crippen molar-refractivity contribution in [2.45, 2.75) is 25.4 Å². The van der Waals surface area contributed by atoms with Gasteiger partial charge in [0.25, 0.3) is 0 Å². The second kappa shape index (κ2) is 8.66. The largest absolute Gasteiger partial charge is 0.493 e. The molecule has 2 aromatic carbocycles. The Labute approximate surface area is 159 Å². The molecule has 6 nitrogen and oxygen atoms in total. The van der Waals surface area contributed by atoms with Gasteiger partial charge in [-0.3, -0.25) is 4.79 Å². The van der Waals surface area contributed by atoms with Gasteiger partial charge in [-0.05, 0) is 35.7 Å². The molecule has 3 rings (SSSR count). The van der Waals surface area contributed by atoms with Crippen molar-refractivity contribution >= 4 is 5.91 Å². The van der Waals surface area contributed by atoms with Crippen molar-refractivity contribution in [1.82, 2.24) is 5.32 Å². The average Bonchev–Trinajstić information content (AvgIpc) is 3.12. The molecule has 0 saturated carbocycles. The Morgan fingerprint density at radius 2 is 1.81 bits per heavy atom. The van der Waals surface area contributed by atoms with Crippen molar-refractivity contribution in [2.24, 2.45) is 0 Å². The maximum Gasteiger partial charge on any atom is 0.220 e. The molecular weight excluding hydrogens is 346 g/mol. The minimum atomic E-state index is -0.0108. The quantitative estimate of drug-likeness (QED) is 0.773. The zero-order valence-electron chi connectivity index (χ0n) is 15.9. The second-order valence-electron chi connectivity index (χ2n) is 6.39. The summed E-state index contributed by atoms with van der Waals surface area (Å²) in [6.45, 7) is 0.503. The van der Waals surface area contributed by atoms with Crippen LogP contribution in [0.1, 0.15) is 17.5 Å². The minimum Gasteiger partial charge on any atom is -0.493 e. The molecule has 0 aliphatic carbocycles. The minimum absolute atomic E-state index is 0.00692. The lowest BCUT2D eigenvalue weighted by atomic mass is 10.1. The molecular formula is C21H25NO5. The number of carbonyl (C=O) groups is 1. The van der Waals surface area contributed by atoms with Crippen LogP contribution in [0, 0.1) is 0 Å². The highest BCUT2D eigenvalue weighted by atomic mass is 16.5. The molecule has 0 bridgehead atoms. The molecule has 0 fully saturated rings. The fraction of sp³-hybridized carbons (Fsp3) is 0.381. The summed E-state index contributed by atoms with van der Waals surface area (Å²) in [5.74, 6) is 2.62. The first-order chi connectivity index (χ1) is 13.1. The lowest BCUT2D eigenvalue weighted by Crippen LogP contribution is -2.34. The molecule has 1 aliphatic rings. The third kappa shape index (κ3) is 4.45. The van der Waals surface area contributed by atoms with Gasteiger partial charge >= 0.3 is 0 Å². The number of ether oxygens (including phenoxy) is 4. The number of aryl methyl sites for hydroxylation is 1. The second-order valence-corrected chi connectivity index (χ2v) is 6.39. The Bertz CT molecular complexity index is 755. The van der Waals surface area contributed by atoms with E-state index >= 15 is 0 Å². The highest BCUT2D eigenvalue weighted by Gasteiger charge is 2.22. The number of para-hydroxylation sites is 1. The number of fused-ring (bicyclic) bond motifs is 1. The van der Waals surface area contributed by atoms with E-state index < -0.39 is 0 Å². The molecule has 1 heterocycles. The van der Waals surface area contributed by atoms with E-state index in [4.69, 9.17) is 18.9 Å². The highest BCUT2D eigenvalue weighted by molar-refractivity contribution is 5.76. The number of benzene rings is 2. The molecule has 1 N–H and O–H groups in total. The average molecular weight is 371 g/mol. The molecule has 1 atom stereocenters. The molecule has 2 aromatic rings. The number of methoxy groups -OCH3 is 3. The SMILES string of the molecule is COc1cc(CCC(=O)NCC2Cc3ccccc3O2)cc(OC)c1OC. The fourth-order valence-electron chi connectivity index (χ4n) is 3.22. The van der Waals surface area contributed by atoms with Crippen molar-refractivity contribution < 1.29 is 23.7 Å². The Hall–Kier alpha value is -2.89. The number of amides is 1. The monoisotopic (exact) mass is 371 g/mol. The zero-order valence-corrected chi connectivity index (χ0v) is 15.9. The lowest BCUT2D eigenvalue weighted by molar-refractivity contribution is -0.121. The van der Waals surface area contributed by atoms with Gasteiger partial charge in [0.2, 0.25) is 11.7 Å². The molecule has 6 heteroatoms. The van der Waals surface area contributed by atoms with Crippen LogP contribution in [0.25, 0.3) is 0 Å². The standard InChI is InChI=1S/C21H25NO5/c1-24-18-10-14(11-19(25-2)21(18)26-3)8-9-20(23)22-13-16-12-15-6-4-5-7-17(15)27-16/h4-7,10-11,16H,8-9,12-13H2,1-3H3,(H,22,23). The number of hydrogen-bond acceptors (Lipinski definition) is 5. The van der Waals surface area contributed by atoms with Gasteiger partial charge in [0.05, 0.1) is 27.9 Å². The Kier molecular flexibility index (Phi) is 6.06. The van der Waals surface area contributed by atoms with E-state index in [0.29, 0.717) is 36.6 Å². The van der Waals surface area contributed by atoms with Crippen molar-refractivity contribution in [3.05, 3.63) is 47.5 Å². The molecule has 144 valence electrons. The Balaban J connectivity index is 1.51. The van der Waals surface area contributed by atoms with E-state index in [0.717, 1.165) is 17.7 Å². The third-order valence-corrected chi connectivity index (χ3v) is 4.61. The summed E-state index contributed by atoms with van der Waals surface area (Å²) in [5, 5.41) is 2.96. The van der Waals surface area contributed by atoms with Gasteiger partial charge in [-0.1, -0.05) is 18.2 Å². The van der Waals surface area contributed by atoms with Crippen LogP contribution < -0.4 is 24.3 Å². The normalized spacial score (nSPS) is 14.9. The summed E-state index contributed by atoms with van der Waals surface area (Å²) >= 11 is 0. The summed E-state index contributed by atoms with van der Waals surface area (Å²) in [6.07, 6.45) is 1.77. The molecule has 1 amide bonds. The van der Waals surface area contributed by atoms with Gasteiger partial charge in [0.1, 0.15) is 11.9 Å². The first-order valence-corrected chi connectivity index (χ1v) is 8.94. The zero-order chi connectivity index (χ0) is 19.2. The van der Waals surface area contributed by atoms with Gasteiger partial charge in [-0.2, -0.15) is 0 Å². The topological polar surface area (TPSA) is 66.0 Å². The van der Waals surface area contributed by atoms with Crippen molar-refractivity contribution in [3.63, 3.8) is 0 Å². The van der Waals surface area contributed by atoms with E-state index in [1.165, 1.54) is 5.56 Å². The van der Waals surface area contributed by atoms with Gasteiger partial charge in [0.15, 0.2) is 11.5 Å². The molecule has 0 radical (unpaired) electrons. The summed E-state index contributed by atoms with van der Waals surface area (Å²) < 4.78 is 21.9. The van der Waals surface area contributed by atoms with E-state index in [1.807, 2.05) is 30.3 Å². The van der Waals surface area contributed by atoms with Crippen LogP contribution in [0.3, 0.4) is 0 Å². The molecule has 0 saturated heterocycles. The first-order valence-electron chi connectivity index (χ1n) is 8.94. The number of rotatable bonds is 8. The van der Waals surface area contributed by atoms with Crippen molar-refractivity contribution in [2.75, 3.05) is 27.9 Å².